The van der Waals surface area contributed by atoms with Gasteiger partial charge in [-0.25, -0.2) is 21.2 Å². The van der Waals surface area contributed by atoms with E-state index >= 15 is 0 Å². The number of carbonyl (C=O) groups excluding carboxylic acids is 2. The van der Waals surface area contributed by atoms with Gasteiger partial charge in [0, 0.05) is 52.4 Å². The lowest BCUT2D eigenvalue weighted by molar-refractivity contribution is 0.111. The van der Waals surface area contributed by atoms with E-state index in [1.807, 2.05) is 17.0 Å². The maximum absolute atomic E-state index is 12.7. The van der Waals surface area contributed by atoms with E-state index in [4.69, 9.17) is 9.47 Å². The summed E-state index contributed by atoms with van der Waals surface area (Å²) in [6.07, 6.45) is 1.22. The lowest BCUT2D eigenvalue weighted by Gasteiger charge is -2.35. The maximum Gasteiger partial charge on any atom is 0.213 e. The number of hydrogen-bond donors (Lipinski definition) is 1. The van der Waals surface area contributed by atoms with Crippen LogP contribution in [0.4, 0.5) is 10.1 Å². The van der Waals surface area contributed by atoms with Gasteiger partial charge in [-0.05, 0) is 38.1 Å². The number of anilines is 1. The minimum atomic E-state index is -3.14. The molecule has 2 aliphatic rings. The predicted molar refractivity (Wildman–Crippen MR) is 164 cm³/mol. The van der Waals surface area contributed by atoms with E-state index in [0.29, 0.717) is 56.9 Å². The molecule has 2 aliphatic heterocycles. The van der Waals surface area contributed by atoms with E-state index in [0.717, 1.165) is 25.1 Å². The summed E-state index contributed by atoms with van der Waals surface area (Å²) < 4.78 is 71.9. The van der Waals surface area contributed by atoms with Crippen LogP contribution in [-0.4, -0.2) is 116 Å². The van der Waals surface area contributed by atoms with Gasteiger partial charge < -0.3 is 19.7 Å². The van der Waals surface area contributed by atoms with E-state index < -0.39 is 25.9 Å². The number of piperazine rings is 2. The van der Waals surface area contributed by atoms with Crippen LogP contribution in [0, 0.1) is 5.82 Å². The van der Waals surface area contributed by atoms with Crippen molar-refractivity contribution in [3.8, 4) is 11.5 Å². The van der Waals surface area contributed by atoms with Crippen molar-refractivity contribution in [1.29, 1.82) is 0 Å². The van der Waals surface area contributed by atoms with Gasteiger partial charge in [0.2, 0.25) is 20.0 Å². The molecule has 2 saturated heterocycles. The molecule has 43 heavy (non-hydrogen) atoms. The fourth-order valence-electron chi connectivity index (χ4n) is 4.41. The first-order chi connectivity index (χ1) is 20.5. The molecule has 2 aromatic carbocycles. The highest BCUT2D eigenvalue weighted by Crippen LogP contribution is 2.28. The molecule has 12 nitrogen and oxygen atoms in total. The Morgan fingerprint density at radius 3 is 1.65 bits per heavy atom. The number of ether oxygens (including phenoxy) is 2. The van der Waals surface area contributed by atoms with Crippen molar-refractivity contribution in [2.45, 2.75) is 13.8 Å². The molecular formula is C28H41FN4O8S2. The zero-order chi connectivity index (χ0) is 32.0. The van der Waals surface area contributed by atoms with Crippen molar-refractivity contribution in [2.75, 3.05) is 83.0 Å². The normalized spacial score (nSPS) is 16.2. The standard InChI is InChI=1S/C14H20N2O4S.C8H7FO2.C6H14N2O2S/c1-3-21(18,19)16-9-7-15(8-10-16)13-5-4-6-14(20-2)12(13)11-17;1-11-8-4-2-3-7(9)6(8)5-10;1-2-11(9,10)8-5-3-7-4-6-8/h4-6,11H,3,7-10H2,1-2H3;2-5H,1H3;7H,2-6H2,1H3. The Kier molecular flexibility index (Phi) is 14.5. The fourth-order valence-corrected chi connectivity index (χ4v) is 6.60. The fraction of sp³-hybridized carbons (Fsp3) is 0.500. The molecule has 0 aromatic heterocycles. The average molecular weight is 645 g/mol. The largest absolute Gasteiger partial charge is 0.496 e. The number of halogens is 1. The maximum atomic E-state index is 12.7. The van der Waals surface area contributed by atoms with Gasteiger partial charge in [-0.15, -0.1) is 0 Å². The van der Waals surface area contributed by atoms with Gasteiger partial charge in [0.25, 0.3) is 0 Å². The molecule has 2 heterocycles. The van der Waals surface area contributed by atoms with Crippen LogP contribution in [0.3, 0.4) is 0 Å². The second-order valence-corrected chi connectivity index (χ2v) is 13.8. The van der Waals surface area contributed by atoms with Crippen LogP contribution in [0.15, 0.2) is 36.4 Å². The summed E-state index contributed by atoms with van der Waals surface area (Å²) in [5, 5.41) is 3.10. The molecule has 15 heteroatoms. The summed E-state index contributed by atoms with van der Waals surface area (Å²) in [5.41, 5.74) is 1.26. The highest BCUT2D eigenvalue weighted by atomic mass is 32.2. The number of sulfonamides is 2. The number of benzene rings is 2. The molecule has 0 aliphatic carbocycles. The van der Waals surface area contributed by atoms with E-state index in [1.165, 1.54) is 36.7 Å². The van der Waals surface area contributed by atoms with Crippen molar-refractivity contribution in [3.63, 3.8) is 0 Å². The van der Waals surface area contributed by atoms with Crippen molar-refractivity contribution in [3.05, 3.63) is 53.3 Å². The Morgan fingerprint density at radius 1 is 0.744 bits per heavy atom. The Labute approximate surface area is 253 Å². The smallest absolute Gasteiger partial charge is 0.213 e. The Hall–Kier alpha value is -3.11. The van der Waals surface area contributed by atoms with Crippen LogP contribution in [-0.2, 0) is 20.0 Å². The Bertz CT molecular complexity index is 1410. The van der Waals surface area contributed by atoms with Crippen molar-refractivity contribution < 1.29 is 40.3 Å². The van der Waals surface area contributed by atoms with Crippen molar-refractivity contribution >= 4 is 38.3 Å². The van der Waals surface area contributed by atoms with Crippen molar-refractivity contribution in [2.24, 2.45) is 0 Å². The summed E-state index contributed by atoms with van der Waals surface area (Å²) in [6.45, 7) is 8.12. The number of carbonyl (C=O) groups is 2. The first-order valence-electron chi connectivity index (χ1n) is 13.8. The number of nitrogens with one attached hydrogen (secondary N) is 1. The zero-order valence-electron chi connectivity index (χ0n) is 25.0. The quantitative estimate of drug-likeness (QED) is 0.402. The molecule has 2 aromatic rings. The number of aldehydes is 2. The first kappa shape index (κ1) is 36.1. The molecular weight excluding hydrogens is 603 g/mol. The molecule has 0 spiro atoms. The molecule has 0 radical (unpaired) electrons. The lowest BCUT2D eigenvalue weighted by atomic mass is 10.1. The second-order valence-electron chi connectivity index (χ2n) is 9.32. The molecule has 2 fully saturated rings. The monoisotopic (exact) mass is 644 g/mol. The van der Waals surface area contributed by atoms with E-state index in [9.17, 15) is 30.8 Å². The molecule has 4 rings (SSSR count). The van der Waals surface area contributed by atoms with Crippen LogP contribution in [0.1, 0.15) is 34.6 Å². The van der Waals surface area contributed by atoms with Gasteiger partial charge in [-0.2, -0.15) is 8.61 Å². The molecule has 0 atom stereocenters. The van der Waals surface area contributed by atoms with Gasteiger partial charge in [-0.3, -0.25) is 9.59 Å². The molecule has 1 N–H and O–H groups in total. The molecule has 0 bridgehead atoms. The minimum absolute atomic E-state index is 0.0324. The number of methoxy groups -OCH3 is 2. The summed E-state index contributed by atoms with van der Waals surface area (Å²) in [7, 11) is -3.15. The van der Waals surface area contributed by atoms with Gasteiger partial charge in [0.1, 0.15) is 17.3 Å². The number of nitrogens with zero attached hydrogens (tertiary/aromatic N) is 3. The number of rotatable bonds is 9. The van der Waals surface area contributed by atoms with Crippen LogP contribution in [0.25, 0.3) is 0 Å². The number of hydrogen-bond acceptors (Lipinski definition) is 10. The topological polar surface area (TPSA) is 143 Å². The summed E-state index contributed by atoms with van der Waals surface area (Å²) in [5.74, 6) is 0.573. The van der Waals surface area contributed by atoms with Gasteiger partial charge >= 0.3 is 0 Å². The van der Waals surface area contributed by atoms with Crippen LogP contribution in [0.5, 0.6) is 11.5 Å². The van der Waals surface area contributed by atoms with Crippen LogP contribution in [0.2, 0.25) is 0 Å². The SMILES string of the molecule is CCS(=O)(=O)N1CCN(c2cccc(OC)c2C=O)CC1.CCS(=O)(=O)N1CCNCC1.COc1cccc(F)c1C=O. The highest BCUT2D eigenvalue weighted by molar-refractivity contribution is 7.89. The zero-order valence-corrected chi connectivity index (χ0v) is 26.6. The van der Waals surface area contributed by atoms with Crippen LogP contribution < -0.4 is 19.7 Å². The predicted octanol–water partition coefficient (Wildman–Crippen LogP) is 1.87. The Morgan fingerprint density at radius 2 is 1.21 bits per heavy atom. The van der Waals surface area contributed by atoms with E-state index in [-0.39, 0.29) is 22.8 Å². The van der Waals surface area contributed by atoms with Crippen molar-refractivity contribution in [1.82, 2.24) is 13.9 Å². The molecule has 0 unspecified atom stereocenters. The lowest BCUT2D eigenvalue weighted by Crippen LogP contribution is -2.49. The Balaban J connectivity index is 0.000000247. The molecule has 0 saturated carbocycles. The second kappa shape index (κ2) is 17.3. The minimum Gasteiger partial charge on any atom is -0.496 e. The highest BCUT2D eigenvalue weighted by Gasteiger charge is 2.27. The average Bonchev–Trinajstić information content (AvgIpc) is 3.05. The summed E-state index contributed by atoms with van der Waals surface area (Å²) in [4.78, 5) is 23.6. The van der Waals surface area contributed by atoms with E-state index in [1.54, 1.807) is 24.2 Å². The third kappa shape index (κ3) is 9.96. The van der Waals surface area contributed by atoms with E-state index in [2.05, 4.69) is 5.32 Å². The third-order valence-electron chi connectivity index (χ3n) is 6.90. The summed E-state index contributed by atoms with van der Waals surface area (Å²) in [6, 6.07) is 9.66. The van der Waals surface area contributed by atoms with Gasteiger partial charge in [0.15, 0.2) is 12.6 Å². The molecule has 0 amide bonds. The van der Waals surface area contributed by atoms with Crippen LogP contribution >= 0.6 is 0 Å². The first-order valence-corrected chi connectivity index (χ1v) is 17.0. The van der Waals surface area contributed by atoms with Gasteiger partial charge in [0.05, 0.1) is 42.5 Å². The third-order valence-corrected chi connectivity index (χ3v) is 10.7. The summed E-state index contributed by atoms with van der Waals surface area (Å²) >= 11 is 0. The molecule has 240 valence electrons. The van der Waals surface area contributed by atoms with Gasteiger partial charge in [-0.1, -0.05) is 12.1 Å².